The first-order chi connectivity index (χ1) is 8.62. The van der Waals surface area contributed by atoms with Gasteiger partial charge >= 0.3 is 6.09 Å². The summed E-state index contributed by atoms with van der Waals surface area (Å²) in [5.74, 6) is -0.294. The molecule has 0 atom stereocenters. The maximum atomic E-state index is 13.5. The van der Waals surface area contributed by atoms with E-state index < -0.39 is 5.60 Å². The van der Waals surface area contributed by atoms with Crippen LogP contribution in [-0.2, 0) is 10.3 Å². The van der Waals surface area contributed by atoms with Crippen LogP contribution in [-0.4, -0.2) is 26.2 Å². The average Bonchev–Trinajstić information content (AvgIpc) is 2.37. The van der Waals surface area contributed by atoms with Crippen molar-refractivity contribution in [2.75, 3.05) is 25.0 Å². The standard InChI is InChI=1S/C13H15FN2O2/c1-16-11-3-2-9(14)8-10(11)13(18-12(16)17)4-6-15-7-5-13/h2-3,8,15H,4-7H2,1H3. The minimum Gasteiger partial charge on any atom is -0.437 e. The van der Waals surface area contributed by atoms with Gasteiger partial charge in [0.05, 0.1) is 5.69 Å². The summed E-state index contributed by atoms with van der Waals surface area (Å²) < 4.78 is 19.1. The highest BCUT2D eigenvalue weighted by atomic mass is 19.1. The molecule has 0 saturated carbocycles. The summed E-state index contributed by atoms with van der Waals surface area (Å²) in [6.07, 6.45) is 1.00. The van der Waals surface area contributed by atoms with Crippen LogP contribution in [0.15, 0.2) is 18.2 Å². The molecule has 1 aromatic carbocycles. The second-order valence-electron chi connectivity index (χ2n) is 4.83. The lowest BCUT2D eigenvalue weighted by Crippen LogP contribution is -2.49. The minimum atomic E-state index is -0.660. The number of hydrogen-bond donors (Lipinski definition) is 1. The van der Waals surface area contributed by atoms with Crippen LogP contribution in [0.5, 0.6) is 0 Å². The third kappa shape index (κ3) is 1.58. The van der Waals surface area contributed by atoms with Crippen molar-refractivity contribution in [3.8, 4) is 0 Å². The number of rotatable bonds is 0. The molecule has 1 amide bonds. The molecule has 0 aromatic heterocycles. The summed E-state index contributed by atoms with van der Waals surface area (Å²) in [5, 5.41) is 3.23. The van der Waals surface area contributed by atoms with Crippen LogP contribution >= 0.6 is 0 Å². The minimum absolute atomic E-state index is 0.294. The number of carbonyl (C=O) groups is 1. The lowest BCUT2D eigenvalue weighted by atomic mass is 9.82. The third-order valence-corrected chi connectivity index (χ3v) is 3.78. The Hall–Kier alpha value is -1.62. The number of nitrogens with zero attached hydrogens (tertiary/aromatic N) is 1. The largest absolute Gasteiger partial charge is 0.437 e. The van der Waals surface area contributed by atoms with E-state index in [0.717, 1.165) is 24.3 Å². The first-order valence-electron chi connectivity index (χ1n) is 6.10. The van der Waals surface area contributed by atoms with E-state index in [2.05, 4.69) is 5.32 Å². The molecule has 2 heterocycles. The summed E-state index contributed by atoms with van der Waals surface area (Å²) >= 11 is 0. The summed E-state index contributed by atoms with van der Waals surface area (Å²) in [4.78, 5) is 13.3. The topological polar surface area (TPSA) is 41.6 Å². The van der Waals surface area contributed by atoms with Gasteiger partial charge in [0.25, 0.3) is 0 Å². The Morgan fingerprint density at radius 1 is 1.39 bits per heavy atom. The maximum absolute atomic E-state index is 13.5. The van der Waals surface area contributed by atoms with Crippen LogP contribution in [0.1, 0.15) is 18.4 Å². The lowest BCUT2D eigenvalue weighted by molar-refractivity contribution is -0.0172. The molecule has 1 saturated heterocycles. The van der Waals surface area contributed by atoms with E-state index in [4.69, 9.17) is 4.74 Å². The zero-order chi connectivity index (χ0) is 12.8. The van der Waals surface area contributed by atoms with Crippen molar-refractivity contribution in [3.63, 3.8) is 0 Å². The van der Waals surface area contributed by atoms with E-state index in [9.17, 15) is 9.18 Å². The van der Waals surface area contributed by atoms with Crippen molar-refractivity contribution < 1.29 is 13.9 Å². The van der Waals surface area contributed by atoms with Crippen LogP contribution in [0.4, 0.5) is 14.9 Å². The van der Waals surface area contributed by atoms with Gasteiger partial charge in [0.15, 0.2) is 0 Å². The molecule has 96 valence electrons. The number of hydrogen-bond acceptors (Lipinski definition) is 3. The molecule has 4 nitrogen and oxygen atoms in total. The quantitative estimate of drug-likeness (QED) is 0.765. The highest BCUT2D eigenvalue weighted by Crippen LogP contribution is 2.44. The summed E-state index contributed by atoms with van der Waals surface area (Å²) in [6, 6.07) is 4.52. The van der Waals surface area contributed by atoms with Crippen LogP contribution < -0.4 is 10.2 Å². The zero-order valence-corrected chi connectivity index (χ0v) is 10.2. The van der Waals surface area contributed by atoms with Gasteiger partial charge < -0.3 is 10.1 Å². The second-order valence-corrected chi connectivity index (χ2v) is 4.83. The van der Waals surface area contributed by atoms with Crippen molar-refractivity contribution in [1.82, 2.24) is 5.32 Å². The van der Waals surface area contributed by atoms with Crippen LogP contribution in [0.3, 0.4) is 0 Å². The molecule has 1 N–H and O–H groups in total. The Labute approximate surface area is 105 Å². The molecule has 1 spiro atoms. The predicted molar refractivity (Wildman–Crippen MR) is 65.1 cm³/mol. The number of fused-ring (bicyclic) bond motifs is 2. The Morgan fingerprint density at radius 2 is 2.11 bits per heavy atom. The lowest BCUT2D eigenvalue weighted by Gasteiger charge is -2.43. The molecule has 0 unspecified atom stereocenters. The van der Waals surface area contributed by atoms with E-state index in [0.29, 0.717) is 12.8 Å². The molecule has 5 heteroatoms. The first kappa shape index (κ1) is 11.5. The van der Waals surface area contributed by atoms with Crippen LogP contribution in [0, 0.1) is 5.82 Å². The van der Waals surface area contributed by atoms with Crippen molar-refractivity contribution in [1.29, 1.82) is 0 Å². The van der Waals surface area contributed by atoms with Crippen molar-refractivity contribution in [2.45, 2.75) is 18.4 Å². The number of amides is 1. The number of benzene rings is 1. The van der Waals surface area contributed by atoms with E-state index >= 15 is 0 Å². The molecular weight excluding hydrogens is 235 g/mol. The Balaban J connectivity index is 2.15. The first-order valence-corrected chi connectivity index (χ1v) is 6.10. The van der Waals surface area contributed by atoms with Gasteiger partial charge in [0.1, 0.15) is 11.4 Å². The Morgan fingerprint density at radius 3 is 2.83 bits per heavy atom. The average molecular weight is 250 g/mol. The van der Waals surface area contributed by atoms with Crippen molar-refractivity contribution in [2.24, 2.45) is 0 Å². The number of piperidine rings is 1. The number of nitrogens with one attached hydrogen (secondary N) is 1. The van der Waals surface area contributed by atoms with Crippen molar-refractivity contribution in [3.05, 3.63) is 29.6 Å². The molecule has 1 aromatic rings. The number of ether oxygens (including phenoxy) is 1. The van der Waals surface area contributed by atoms with Gasteiger partial charge in [-0.05, 0) is 31.3 Å². The van der Waals surface area contributed by atoms with E-state index in [1.165, 1.54) is 17.0 Å². The van der Waals surface area contributed by atoms with Gasteiger partial charge in [0.2, 0.25) is 0 Å². The second kappa shape index (κ2) is 3.95. The fourth-order valence-electron chi connectivity index (χ4n) is 2.76. The SMILES string of the molecule is CN1C(=O)OC2(CCNCC2)c2cc(F)ccc21. The zero-order valence-electron chi connectivity index (χ0n) is 10.2. The molecule has 2 aliphatic rings. The molecule has 3 rings (SSSR count). The van der Waals surface area contributed by atoms with Crippen LogP contribution in [0.25, 0.3) is 0 Å². The number of carbonyl (C=O) groups excluding carboxylic acids is 1. The molecule has 1 fully saturated rings. The monoisotopic (exact) mass is 250 g/mol. The summed E-state index contributed by atoms with van der Waals surface area (Å²) in [5.41, 5.74) is 0.868. The van der Waals surface area contributed by atoms with Crippen molar-refractivity contribution >= 4 is 11.8 Å². The Kier molecular flexibility index (Phi) is 2.52. The van der Waals surface area contributed by atoms with Gasteiger partial charge in [-0.1, -0.05) is 0 Å². The van der Waals surface area contributed by atoms with E-state index in [1.54, 1.807) is 13.1 Å². The highest BCUT2D eigenvalue weighted by molar-refractivity contribution is 5.91. The summed E-state index contributed by atoms with van der Waals surface area (Å²) in [6.45, 7) is 1.54. The van der Waals surface area contributed by atoms with E-state index in [-0.39, 0.29) is 11.9 Å². The third-order valence-electron chi connectivity index (χ3n) is 3.78. The molecule has 0 radical (unpaired) electrons. The van der Waals surface area contributed by atoms with Crippen LogP contribution in [0.2, 0.25) is 0 Å². The van der Waals surface area contributed by atoms with E-state index in [1.807, 2.05) is 0 Å². The number of anilines is 1. The van der Waals surface area contributed by atoms with Gasteiger partial charge in [-0.15, -0.1) is 0 Å². The maximum Gasteiger partial charge on any atom is 0.414 e. The fraction of sp³-hybridized carbons (Fsp3) is 0.462. The van der Waals surface area contributed by atoms with Gasteiger partial charge in [-0.2, -0.15) is 0 Å². The molecule has 0 bridgehead atoms. The van der Waals surface area contributed by atoms with Gasteiger partial charge in [0, 0.05) is 25.5 Å². The highest BCUT2D eigenvalue weighted by Gasteiger charge is 2.44. The Bertz CT molecular complexity index is 498. The summed E-state index contributed by atoms with van der Waals surface area (Å²) in [7, 11) is 1.65. The smallest absolute Gasteiger partial charge is 0.414 e. The molecule has 18 heavy (non-hydrogen) atoms. The molecule has 0 aliphatic carbocycles. The normalized spacial score (nSPS) is 21.7. The number of halogens is 1. The molecular formula is C13H15FN2O2. The van der Waals surface area contributed by atoms with Gasteiger partial charge in [-0.25, -0.2) is 9.18 Å². The van der Waals surface area contributed by atoms with Gasteiger partial charge in [-0.3, -0.25) is 4.90 Å². The fourth-order valence-corrected chi connectivity index (χ4v) is 2.76. The predicted octanol–water partition coefficient (Wildman–Crippen LogP) is 1.99. The molecule has 2 aliphatic heterocycles.